The van der Waals surface area contributed by atoms with Gasteiger partial charge in [0.2, 0.25) is 0 Å². The molecule has 0 bridgehead atoms. The average molecular weight is 518 g/mol. The second kappa shape index (κ2) is 7.53. The van der Waals surface area contributed by atoms with Crippen LogP contribution in [0.25, 0.3) is 11.2 Å². The molecule has 5 rings (SSSR count). The lowest BCUT2D eigenvalue weighted by Crippen LogP contribution is -2.38. The van der Waals surface area contributed by atoms with Crippen LogP contribution in [0.15, 0.2) is 35.4 Å². The van der Waals surface area contributed by atoms with Gasteiger partial charge in [0.05, 0.1) is 17.7 Å². The maximum Gasteiger partial charge on any atom is 0.310 e. The fourth-order valence-corrected chi connectivity index (χ4v) is 5.45. The number of halogens is 5. The lowest BCUT2D eigenvalue weighted by Gasteiger charge is -2.40. The summed E-state index contributed by atoms with van der Waals surface area (Å²) < 4.78 is 70.7. The van der Waals surface area contributed by atoms with Crippen LogP contribution in [0.5, 0.6) is 0 Å². The highest BCUT2D eigenvalue weighted by molar-refractivity contribution is 8.45. The summed E-state index contributed by atoms with van der Waals surface area (Å²) in [4.78, 5) is 24.6. The van der Waals surface area contributed by atoms with Gasteiger partial charge < -0.3 is 20.4 Å². The van der Waals surface area contributed by atoms with E-state index in [1.54, 1.807) is 6.20 Å². The van der Waals surface area contributed by atoms with Crippen molar-refractivity contribution in [1.82, 2.24) is 19.9 Å². The highest BCUT2D eigenvalue weighted by Gasteiger charge is 2.65. The molecule has 1 atom stereocenters. The van der Waals surface area contributed by atoms with Crippen LogP contribution in [0, 0.1) is 0 Å². The number of imidazole rings is 1. The molecule has 1 amide bonds. The average Bonchev–Trinajstić information content (AvgIpc) is 3.47. The van der Waals surface area contributed by atoms with E-state index in [2.05, 4.69) is 15.0 Å². The molecule has 0 saturated carbocycles. The summed E-state index contributed by atoms with van der Waals surface area (Å²) >= 11 is 0. The van der Waals surface area contributed by atoms with Crippen molar-refractivity contribution in [3.8, 4) is 0 Å². The van der Waals surface area contributed by atoms with Crippen molar-refractivity contribution in [2.24, 2.45) is 0 Å². The molecule has 2 saturated heterocycles. The molecule has 7 nitrogen and oxygen atoms in total. The number of hydrogen-bond acceptors (Lipinski definition) is 5. The van der Waals surface area contributed by atoms with Crippen LogP contribution in [0.3, 0.4) is 0 Å². The first-order valence-electron chi connectivity index (χ1n) is 11.2. The number of carbonyl (C=O) groups is 1. The van der Waals surface area contributed by atoms with E-state index in [4.69, 9.17) is 10.5 Å². The van der Waals surface area contributed by atoms with E-state index in [9.17, 15) is 24.2 Å². The van der Waals surface area contributed by atoms with Gasteiger partial charge in [-0.1, -0.05) is 19.4 Å². The summed E-state index contributed by atoms with van der Waals surface area (Å²) in [5, 5.41) is 0. The van der Waals surface area contributed by atoms with E-state index in [1.165, 1.54) is 4.90 Å². The smallest absolute Gasteiger partial charge is 0.310 e. The number of amides is 1. The number of benzene rings is 1. The Bertz CT molecular complexity index is 1300. The molecule has 4 heterocycles. The molecule has 13 heteroatoms. The third-order valence-electron chi connectivity index (χ3n) is 6.68. The van der Waals surface area contributed by atoms with E-state index in [0.717, 1.165) is 29.4 Å². The van der Waals surface area contributed by atoms with Crippen LogP contribution in [0.2, 0.25) is 0 Å². The Morgan fingerprint density at radius 1 is 1.09 bits per heavy atom. The first-order valence-corrected chi connectivity index (χ1v) is 13.1. The molecular formula is C22H24F5N5O2S. The van der Waals surface area contributed by atoms with Gasteiger partial charge in [0.1, 0.15) is 10.7 Å². The zero-order valence-corrected chi connectivity index (χ0v) is 19.3. The van der Waals surface area contributed by atoms with E-state index >= 15 is 0 Å². The van der Waals surface area contributed by atoms with Gasteiger partial charge in [-0.25, -0.2) is 9.97 Å². The zero-order chi connectivity index (χ0) is 25.1. The Hall–Kier alpha value is -2.93. The maximum atomic E-state index is 13.1. The standard InChI is InChI=1S/C22H24F5N5O2S/c23-35(24,25,26,27)15-1-2-17(18(28)11-15)22(33)32-8-4-13(5-9-32)16-3-7-29-21-19(16)30-20(31-21)14-6-10-34-12-14/h1-3,7,11,13-14H,4-6,8-10,12,28H2,(H,29,30,31). The van der Waals surface area contributed by atoms with E-state index in [0.29, 0.717) is 44.8 Å². The monoisotopic (exact) mass is 517 g/mol. The fraction of sp³-hybridized carbons (Fsp3) is 0.409. The molecule has 2 aliphatic rings. The minimum absolute atomic E-state index is 0.116. The molecule has 2 aromatic heterocycles. The van der Waals surface area contributed by atoms with E-state index in [-0.39, 0.29) is 29.5 Å². The number of piperidine rings is 1. The first-order chi connectivity index (χ1) is 16.3. The van der Waals surface area contributed by atoms with Crippen molar-refractivity contribution >= 4 is 33.0 Å². The Labute approximate surface area is 197 Å². The molecule has 2 aliphatic heterocycles. The zero-order valence-electron chi connectivity index (χ0n) is 18.5. The van der Waals surface area contributed by atoms with Crippen molar-refractivity contribution in [3.63, 3.8) is 0 Å². The summed E-state index contributed by atoms with van der Waals surface area (Å²) in [6, 6.07) is 3.01. The number of nitrogens with two attached hydrogens (primary N) is 1. The molecule has 190 valence electrons. The van der Waals surface area contributed by atoms with Gasteiger partial charge in [-0.05, 0) is 55.0 Å². The van der Waals surface area contributed by atoms with Crippen molar-refractivity contribution in [2.45, 2.75) is 36.0 Å². The number of hydrogen-bond donors (Lipinski definition) is 2. The van der Waals surface area contributed by atoms with Gasteiger partial charge in [0.25, 0.3) is 5.91 Å². The number of nitrogens with one attached hydrogen (secondary N) is 1. The molecule has 0 spiro atoms. The summed E-state index contributed by atoms with van der Waals surface area (Å²) in [6.07, 6.45) is 3.80. The minimum Gasteiger partial charge on any atom is -0.398 e. The topological polar surface area (TPSA) is 97.1 Å². The fourth-order valence-electron chi connectivity index (χ4n) is 4.77. The van der Waals surface area contributed by atoms with Crippen molar-refractivity contribution < 1.29 is 29.0 Å². The highest BCUT2D eigenvalue weighted by atomic mass is 32.5. The van der Waals surface area contributed by atoms with Gasteiger partial charge in [-0.2, -0.15) is 0 Å². The van der Waals surface area contributed by atoms with Crippen LogP contribution in [0.4, 0.5) is 25.1 Å². The molecule has 0 radical (unpaired) electrons. The summed E-state index contributed by atoms with van der Waals surface area (Å²) in [5.41, 5.74) is 7.26. The van der Waals surface area contributed by atoms with Crippen LogP contribution in [-0.2, 0) is 4.74 Å². The maximum absolute atomic E-state index is 13.1. The quantitative estimate of drug-likeness (QED) is 0.341. The van der Waals surface area contributed by atoms with Crippen LogP contribution in [0.1, 0.15) is 52.8 Å². The van der Waals surface area contributed by atoms with Crippen molar-refractivity contribution in [1.29, 1.82) is 0 Å². The lowest BCUT2D eigenvalue weighted by molar-refractivity contribution is 0.0714. The first kappa shape index (κ1) is 23.8. The van der Waals surface area contributed by atoms with Gasteiger partial charge >= 0.3 is 10.2 Å². The minimum atomic E-state index is -9.88. The number of ether oxygens (including phenoxy) is 1. The number of anilines is 1. The third kappa shape index (κ3) is 4.66. The number of nitrogens with zero attached hydrogens (tertiary/aromatic N) is 3. The molecule has 0 aliphatic carbocycles. The Kier molecular flexibility index (Phi) is 5.12. The summed E-state index contributed by atoms with van der Waals surface area (Å²) in [7, 11) is -9.88. The van der Waals surface area contributed by atoms with Crippen LogP contribution in [-0.4, -0.2) is 52.1 Å². The lowest BCUT2D eigenvalue weighted by atomic mass is 9.89. The van der Waals surface area contributed by atoms with Crippen LogP contribution < -0.4 is 5.73 Å². The van der Waals surface area contributed by atoms with Crippen LogP contribution >= 0.6 is 10.2 Å². The number of aromatic amines is 1. The molecule has 35 heavy (non-hydrogen) atoms. The molecule has 3 N–H and O–H groups in total. The van der Waals surface area contributed by atoms with Gasteiger partial charge in [-0.3, -0.25) is 4.79 Å². The summed E-state index contributed by atoms with van der Waals surface area (Å²) in [6.45, 7) is 1.99. The number of nitrogen functional groups attached to an aromatic ring is 1. The number of fused-ring (bicyclic) bond motifs is 1. The normalized spacial score (nSPS) is 21.7. The Morgan fingerprint density at radius 2 is 1.83 bits per heavy atom. The number of rotatable bonds is 4. The molecule has 1 aromatic carbocycles. The van der Waals surface area contributed by atoms with Crippen molar-refractivity contribution in [2.75, 3.05) is 32.0 Å². The highest BCUT2D eigenvalue weighted by Crippen LogP contribution is 3.02. The molecular weight excluding hydrogens is 493 g/mol. The van der Waals surface area contributed by atoms with Gasteiger partial charge in [0, 0.05) is 37.5 Å². The number of carbonyl (C=O) groups excluding carboxylic acids is 1. The Balaban J connectivity index is 1.31. The predicted molar refractivity (Wildman–Crippen MR) is 122 cm³/mol. The second-order valence-corrected chi connectivity index (χ2v) is 11.5. The summed E-state index contributed by atoms with van der Waals surface area (Å²) in [5.74, 6) is 0.577. The molecule has 3 aromatic rings. The van der Waals surface area contributed by atoms with Crippen molar-refractivity contribution in [3.05, 3.63) is 47.4 Å². The number of likely N-dealkylation sites (tertiary alicyclic amines) is 1. The predicted octanol–water partition coefficient (Wildman–Crippen LogP) is 5.72. The second-order valence-electron chi connectivity index (χ2n) is 9.07. The number of aromatic nitrogens is 3. The largest absolute Gasteiger partial charge is 0.398 e. The Morgan fingerprint density at radius 3 is 2.46 bits per heavy atom. The van der Waals surface area contributed by atoms with E-state index in [1.807, 2.05) is 6.07 Å². The molecule has 2 fully saturated rings. The van der Waals surface area contributed by atoms with E-state index < -0.39 is 26.7 Å². The van der Waals surface area contributed by atoms with Gasteiger partial charge in [-0.15, -0.1) is 0 Å². The third-order valence-corrected chi connectivity index (χ3v) is 7.82. The SMILES string of the molecule is Nc1cc(S(F)(F)(F)(F)F)ccc1C(=O)N1CCC(c2ccnc3nc(C4CCOC4)[nH]c23)CC1. The molecule has 1 unspecified atom stereocenters. The van der Waals surface area contributed by atoms with Gasteiger partial charge in [0.15, 0.2) is 5.65 Å². The number of pyridine rings is 1. The number of H-pyrrole nitrogens is 1.